The van der Waals surface area contributed by atoms with Crippen LogP contribution in [0, 0.1) is 0 Å². The molecule has 0 radical (unpaired) electrons. The van der Waals surface area contributed by atoms with Crippen LogP contribution in [-0.4, -0.2) is 74.9 Å². The minimum absolute atomic E-state index is 0.0356. The fourth-order valence-electron chi connectivity index (χ4n) is 12.8. The second-order valence-corrected chi connectivity index (χ2v) is 31.3. The Morgan fingerprint density at radius 3 is 0.851 bits per heavy atom. The first-order valence-corrected chi connectivity index (χ1v) is 43.2. The molecule has 0 fully saturated rings. The van der Waals surface area contributed by atoms with Crippen LogP contribution in [0.25, 0.3) is 0 Å². The summed E-state index contributed by atoms with van der Waals surface area (Å²) in [5.41, 5.74) is 0. The van der Waals surface area contributed by atoms with Crippen LogP contribution in [0.5, 0.6) is 0 Å². The van der Waals surface area contributed by atoms with Crippen LogP contribution in [0.15, 0.2) is 36.5 Å². The Labute approximate surface area is 586 Å². The van der Waals surface area contributed by atoms with Gasteiger partial charge in [-0.1, -0.05) is 410 Å². The number of rotatable bonds is 79. The van der Waals surface area contributed by atoms with Crippen molar-refractivity contribution >= 4 is 19.8 Å². The molecule has 94 heavy (non-hydrogen) atoms. The molecule has 10 heteroatoms. The van der Waals surface area contributed by atoms with E-state index in [1.807, 2.05) is 21.1 Å². The van der Waals surface area contributed by atoms with Gasteiger partial charge in [0.2, 0.25) is 0 Å². The fraction of sp³-hybridized carbons (Fsp3) is 0.905. The molecule has 556 valence electrons. The summed E-state index contributed by atoms with van der Waals surface area (Å²) in [5, 5.41) is 0. The van der Waals surface area contributed by atoms with Gasteiger partial charge in [0, 0.05) is 12.8 Å². The molecule has 0 spiro atoms. The molecule has 0 amide bonds. The van der Waals surface area contributed by atoms with Crippen molar-refractivity contribution in [1.82, 2.24) is 0 Å². The number of phosphoric ester groups is 1. The molecule has 0 aromatic heterocycles. The third-order valence-electron chi connectivity index (χ3n) is 19.2. The first kappa shape index (κ1) is 92.2. The van der Waals surface area contributed by atoms with E-state index >= 15 is 0 Å². The zero-order valence-corrected chi connectivity index (χ0v) is 64.6. The maximum absolute atomic E-state index is 12.9. The molecule has 0 aliphatic carbocycles. The molecule has 0 heterocycles. The second-order valence-electron chi connectivity index (χ2n) is 29.9. The zero-order valence-electron chi connectivity index (χ0n) is 63.7. The topological polar surface area (TPSA) is 108 Å². The molecule has 9 nitrogen and oxygen atoms in total. The van der Waals surface area contributed by atoms with Gasteiger partial charge in [-0.05, 0) is 51.4 Å². The summed E-state index contributed by atoms with van der Waals surface area (Å²) in [6, 6.07) is 0. The summed E-state index contributed by atoms with van der Waals surface area (Å²) in [7, 11) is 1.50. The van der Waals surface area contributed by atoms with Gasteiger partial charge in [0.25, 0.3) is 0 Å². The number of esters is 2. The largest absolute Gasteiger partial charge is 0.472 e. The Morgan fingerprint density at radius 1 is 0.330 bits per heavy atom. The molecule has 0 aromatic carbocycles. The minimum Gasteiger partial charge on any atom is -0.462 e. The predicted octanol–water partition coefficient (Wildman–Crippen LogP) is 27.7. The lowest BCUT2D eigenvalue weighted by atomic mass is 10.0. The Morgan fingerprint density at radius 2 is 0.574 bits per heavy atom. The van der Waals surface area contributed by atoms with Gasteiger partial charge in [-0.15, -0.1) is 0 Å². The second kappa shape index (κ2) is 75.4. The van der Waals surface area contributed by atoms with E-state index in [0.29, 0.717) is 23.9 Å². The third-order valence-corrected chi connectivity index (χ3v) is 20.2. The van der Waals surface area contributed by atoms with Crippen LogP contribution in [-0.2, 0) is 32.7 Å². The predicted molar refractivity (Wildman–Crippen MR) is 409 cm³/mol. The summed E-state index contributed by atoms with van der Waals surface area (Å²) in [6.45, 7) is 4.51. The molecule has 2 atom stereocenters. The van der Waals surface area contributed by atoms with E-state index in [9.17, 15) is 19.0 Å². The van der Waals surface area contributed by atoms with Gasteiger partial charge in [-0.2, -0.15) is 0 Å². The van der Waals surface area contributed by atoms with Crippen molar-refractivity contribution in [2.24, 2.45) is 0 Å². The average Bonchev–Trinajstić information content (AvgIpc) is 1.56. The maximum atomic E-state index is 12.9. The molecule has 0 saturated carbocycles. The summed E-state index contributed by atoms with van der Waals surface area (Å²) < 4.78 is 34.9. The van der Waals surface area contributed by atoms with Crippen LogP contribution < -0.4 is 0 Å². The van der Waals surface area contributed by atoms with E-state index in [2.05, 4.69) is 50.3 Å². The van der Waals surface area contributed by atoms with Crippen LogP contribution in [0.1, 0.15) is 438 Å². The molecule has 0 aromatic rings. The first-order valence-electron chi connectivity index (χ1n) is 41.7. The van der Waals surface area contributed by atoms with Crippen LogP contribution in [0.4, 0.5) is 0 Å². The normalized spacial score (nSPS) is 13.1. The van der Waals surface area contributed by atoms with Gasteiger partial charge >= 0.3 is 19.8 Å². The van der Waals surface area contributed by atoms with E-state index < -0.39 is 26.5 Å². The van der Waals surface area contributed by atoms with Crippen molar-refractivity contribution in [2.75, 3.05) is 47.5 Å². The van der Waals surface area contributed by atoms with Gasteiger partial charge in [0.05, 0.1) is 27.7 Å². The maximum Gasteiger partial charge on any atom is 0.472 e. The lowest BCUT2D eigenvalue weighted by Gasteiger charge is -2.24. The van der Waals surface area contributed by atoms with E-state index in [0.717, 1.165) is 44.9 Å². The highest BCUT2D eigenvalue weighted by atomic mass is 31.2. The van der Waals surface area contributed by atoms with E-state index in [-0.39, 0.29) is 25.6 Å². The molecule has 2 unspecified atom stereocenters. The fourth-order valence-corrected chi connectivity index (χ4v) is 13.5. The lowest BCUT2D eigenvalue weighted by Crippen LogP contribution is -2.37. The first-order chi connectivity index (χ1) is 46.0. The Kier molecular flexibility index (Phi) is 74.0. The van der Waals surface area contributed by atoms with Gasteiger partial charge < -0.3 is 18.9 Å². The van der Waals surface area contributed by atoms with Crippen molar-refractivity contribution in [2.45, 2.75) is 444 Å². The van der Waals surface area contributed by atoms with Crippen molar-refractivity contribution in [3.05, 3.63) is 36.5 Å². The Balaban J connectivity index is 3.88. The number of ether oxygens (including phenoxy) is 2. The highest BCUT2D eigenvalue weighted by molar-refractivity contribution is 7.47. The van der Waals surface area contributed by atoms with Crippen LogP contribution in [0.2, 0.25) is 0 Å². The van der Waals surface area contributed by atoms with Crippen LogP contribution in [0.3, 0.4) is 0 Å². The monoisotopic (exact) mass is 1350 g/mol. The number of hydrogen-bond donors (Lipinski definition) is 1. The molecule has 0 saturated heterocycles. The summed E-state index contributed by atoms with van der Waals surface area (Å²) >= 11 is 0. The smallest absolute Gasteiger partial charge is 0.462 e. The number of unbranched alkanes of at least 4 members (excludes halogenated alkanes) is 59. The van der Waals surface area contributed by atoms with E-state index in [1.165, 1.54) is 360 Å². The number of phosphoric acid groups is 1. The van der Waals surface area contributed by atoms with E-state index in [4.69, 9.17) is 18.5 Å². The standard InChI is InChI=1S/C84H162NO8P/c1-6-8-10-12-14-16-18-20-22-24-26-28-30-32-34-36-38-40-41-42-43-45-47-49-51-53-55-57-59-61-63-65-67-69-71-73-75-77-84(87)93-82(81-92-94(88,89)91-79-78-85(3,4)5)80-90-83(86)76-74-72-70-68-66-64-62-60-58-56-54-52-50-48-46-44-39-37-35-33-31-29-27-25-23-21-19-17-15-13-11-9-7-2/h18,20,24,26,30,32,82H,6-17,19,21-23,25,27-29,31,33-81H2,1-5H3/p+1/b20-18-,26-24-,32-30-. The van der Waals surface area contributed by atoms with Gasteiger partial charge in [-0.3, -0.25) is 18.6 Å². The van der Waals surface area contributed by atoms with Crippen molar-refractivity contribution < 1.29 is 42.1 Å². The van der Waals surface area contributed by atoms with Crippen molar-refractivity contribution in [1.29, 1.82) is 0 Å². The van der Waals surface area contributed by atoms with Gasteiger partial charge in [0.15, 0.2) is 6.10 Å². The minimum atomic E-state index is -4.39. The number of quaternary nitrogens is 1. The molecule has 0 rings (SSSR count). The number of nitrogens with zero attached hydrogens (tertiary/aromatic N) is 1. The number of carbonyl (C=O) groups is 2. The zero-order chi connectivity index (χ0) is 68.3. The van der Waals surface area contributed by atoms with Crippen molar-refractivity contribution in [3.63, 3.8) is 0 Å². The molecule has 1 N–H and O–H groups in total. The average molecular weight is 1350 g/mol. The number of likely N-dealkylation sites (N-methyl/N-ethyl adjacent to an activating group) is 1. The Hall–Kier alpha value is -1.77. The Bertz CT molecular complexity index is 1680. The number of carbonyl (C=O) groups excluding carboxylic acids is 2. The molecule has 0 aliphatic heterocycles. The summed E-state index contributed by atoms with van der Waals surface area (Å²) in [6.07, 6.45) is 98.9. The summed E-state index contributed by atoms with van der Waals surface area (Å²) in [5.74, 6) is -0.769. The highest BCUT2D eigenvalue weighted by Gasteiger charge is 2.27. The number of hydrogen-bond acceptors (Lipinski definition) is 7. The molecular formula is C84H163NO8P+. The summed E-state index contributed by atoms with van der Waals surface area (Å²) in [4.78, 5) is 36.0. The van der Waals surface area contributed by atoms with E-state index in [1.54, 1.807) is 0 Å². The van der Waals surface area contributed by atoms with Crippen molar-refractivity contribution in [3.8, 4) is 0 Å². The molecule has 0 aliphatic rings. The third kappa shape index (κ3) is 79.2. The SMILES string of the molecule is CCCCCCC/C=C\C/C=C\C/C=C\CCCCCCCCCCCCCCCCCCCCCCCCC(=O)OC(COC(=O)CCCCCCCCCCCCCCCCCCCCCCCCCCCCCCCCCCC)COP(=O)(O)OCC[N+](C)(C)C. The molecular weight excluding hydrogens is 1180 g/mol. The lowest BCUT2D eigenvalue weighted by molar-refractivity contribution is -0.870. The van der Waals surface area contributed by atoms with Crippen LogP contribution >= 0.6 is 7.82 Å². The highest BCUT2D eigenvalue weighted by Crippen LogP contribution is 2.43. The quantitative estimate of drug-likeness (QED) is 0.0211. The number of allylic oxidation sites excluding steroid dienone is 6. The van der Waals surface area contributed by atoms with Gasteiger partial charge in [-0.25, -0.2) is 4.57 Å². The molecule has 0 bridgehead atoms. The van der Waals surface area contributed by atoms with Gasteiger partial charge in [0.1, 0.15) is 19.8 Å².